The number of hydrogen-bond donors (Lipinski definition) is 0. The fraction of sp³-hybridized carbons (Fsp3) is 0.182. The minimum absolute atomic E-state index is 0.0185. The largest absolute Gasteiger partial charge is 0.465 e. The van der Waals surface area contributed by atoms with Crippen LogP contribution in [0.1, 0.15) is 15.9 Å². The van der Waals surface area contributed by atoms with Crippen molar-refractivity contribution in [1.82, 2.24) is 0 Å². The predicted molar refractivity (Wildman–Crippen MR) is 64.1 cm³/mol. The number of nitrogens with zero attached hydrogens (tertiary/aromatic N) is 1. The fourth-order valence-electron chi connectivity index (χ4n) is 1.30. The van der Waals surface area contributed by atoms with Crippen LogP contribution in [-0.2, 0) is 4.74 Å². The van der Waals surface area contributed by atoms with Gasteiger partial charge in [0.1, 0.15) is 11.4 Å². The molecule has 5 nitrogen and oxygen atoms in total. The van der Waals surface area contributed by atoms with Gasteiger partial charge in [0.15, 0.2) is 0 Å². The minimum Gasteiger partial charge on any atom is -0.465 e. The van der Waals surface area contributed by atoms with E-state index in [9.17, 15) is 19.3 Å². The number of carbonyl (C=O) groups excluding carboxylic acids is 1. The first-order chi connectivity index (χ1) is 8.51. The number of carbonyl (C=O) groups is 1. The number of allylic oxidation sites excluding steroid dienone is 1. The molecule has 0 fully saturated rings. The van der Waals surface area contributed by atoms with Crippen molar-refractivity contribution >= 4 is 29.3 Å². The average Bonchev–Trinajstić information content (AvgIpc) is 2.35. The second-order valence-electron chi connectivity index (χ2n) is 3.20. The molecule has 0 atom stereocenters. The lowest BCUT2D eigenvalue weighted by molar-refractivity contribution is -0.385. The molecule has 0 unspecified atom stereocenters. The Morgan fingerprint density at radius 3 is 2.78 bits per heavy atom. The number of esters is 1. The van der Waals surface area contributed by atoms with Crippen LogP contribution in [0.3, 0.4) is 0 Å². The van der Waals surface area contributed by atoms with Gasteiger partial charge in [-0.05, 0) is 6.07 Å². The van der Waals surface area contributed by atoms with Crippen LogP contribution >= 0.6 is 11.6 Å². The molecular weight excluding hydrogens is 265 g/mol. The van der Waals surface area contributed by atoms with E-state index in [1.807, 2.05) is 0 Å². The molecule has 0 aromatic heterocycles. The molecule has 0 aliphatic rings. The summed E-state index contributed by atoms with van der Waals surface area (Å²) in [5.74, 6) is -1.58. The number of nitro benzene ring substituents is 1. The Labute approximate surface area is 107 Å². The zero-order valence-corrected chi connectivity index (χ0v) is 10.1. The van der Waals surface area contributed by atoms with Gasteiger partial charge in [-0.2, -0.15) is 0 Å². The summed E-state index contributed by atoms with van der Waals surface area (Å²) in [6.45, 7) is 0. The van der Waals surface area contributed by atoms with E-state index < -0.39 is 28.0 Å². The molecule has 0 aliphatic carbocycles. The van der Waals surface area contributed by atoms with Gasteiger partial charge in [0.25, 0.3) is 5.69 Å². The van der Waals surface area contributed by atoms with Crippen molar-refractivity contribution < 1.29 is 18.8 Å². The summed E-state index contributed by atoms with van der Waals surface area (Å²) in [6, 6.07) is 1.74. The topological polar surface area (TPSA) is 69.4 Å². The summed E-state index contributed by atoms with van der Waals surface area (Å²) in [4.78, 5) is 21.3. The van der Waals surface area contributed by atoms with Crippen LogP contribution in [0, 0.1) is 15.9 Å². The number of methoxy groups -OCH3 is 1. The number of nitro groups is 1. The van der Waals surface area contributed by atoms with Crippen molar-refractivity contribution in [3.8, 4) is 0 Å². The van der Waals surface area contributed by atoms with Gasteiger partial charge in [0, 0.05) is 17.5 Å². The van der Waals surface area contributed by atoms with Crippen LogP contribution in [0.25, 0.3) is 6.08 Å². The maximum Gasteiger partial charge on any atom is 0.344 e. The van der Waals surface area contributed by atoms with Gasteiger partial charge in [-0.1, -0.05) is 12.2 Å². The third-order valence-corrected chi connectivity index (χ3v) is 2.28. The Balaban J connectivity index is 3.39. The van der Waals surface area contributed by atoms with E-state index in [1.54, 1.807) is 0 Å². The molecule has 0 spiro atoms. The monoisotopic (exact) mass is 273 g/mol. The quantitative estimate of drug-likeness (QED) is 0.366. The number of halogens is 2. The highest BCUT2D eigenvalue weighted by Gasteiger charge is 2.23. The molecule has 0 bridgehead atoms. The minimum atomic E-state index is -0.964. The molecule has 0 saturated heterocycles. The number of benzene rings is 1. The zero-order valence-electron chi connectivity index (χ0n) is 9.35. The number of ether oxygens (including phenoxy) is 1. The Kier molecular flexibility index (Phi) is 4.79. The van der Waals surface area contributed by atoms with E-state index in [0.717, 1.165) is 19.2 Å². The lowest BCUT2D eigenvalue weighted by atomic mass is 10.1. The van der Waals surface area contributed by atoms with Crippen molar-refractivity contribution in [3.05, 3.63) is 45.3 Å². The highest BCUT2D eigenvalue weighted by Crippen LogP contribution is 2.24. The van der Waals surface area contributed by atoms with E-state index in [4.69, 9.17) is 11.6 Å². The van der Waals surface area contributed by atoms with Crippen molar-refractivity contribution in [2.75, 3.05) is 13.0 Å². The first kappa shape index (κ1) is 14.1. The zero-order chi connectivity index (χ0) is 13.7. The van der Waals surface area contributed by atoms with Gasteiger partial charge in [0.2, 0.25) is 0 Å². The molecule has 0 amide bonds. The summed E-state index contributed by atoms with van der Waals surface area (Å²) in [6.07, 6.45) is 2.73. The van der Waals surface area contributed by atoms with Crippen LogP contribution in [0.15, 0.2) is 18.2 Å². The molecule has 18 heavy (non-hydrogen) atoms. The fourth-order valence-corrected chi connectivity index (χ4v) is 1.39. The molecule has 7 heteroatoms. The summed E-state index contributed by atoms with van der Waals surface area (Å²) < 4.78 is 17.9. The number of hydrogen-bond acceptors (Lipinski definition) is 4. The van der Waals surface area contributed by atoms with E-state index in [0.29, 0.717) is 0 Å². The van der Waals surface area contributed by atoms with Gasteiger partial charge in [0.05, 0.1) is 12.0 Å². The van der Waals surface area contributed by atoms with E-state index >= 15 is 0 Å². The highest BCUT2D eigenvalue weighted by atomic mass is 35.5. The van der Waals surface area contributed by atoms with Crippen LogP contribution in [-0.4, -0.2) is 23.9 Å². The van der Waals surface area contributed by atoms with Crippen molar-refractivity contribution in [2.24, 2.45) is 0 Å². The second-order valence-corrected chi connectivity index (χ2v) is 3.50. The summed E-state index contributed by atoms with van der Waals surface area (Å²) in [5.41, 5.74) is -0.963. The average molecular weight is 274 g/mol. The third kappa shape index (κ3) is 3.04. The van der Waals surface area contributed by atoms with Gasteiger partial charge in [-0.25, -0.2) is 9.18 Å². The predicted octanol–water partition coefficient (Wildman–Crippen LogP) is 2.77. The van der Waals surface area contributed by atoms with Crippen LogP contribution in [0.2, 0.25) is 0 Å². The number of rotatable bonds is 4. The molecule has 0 radical (unpaired) electrons. The molecule has 0 N–H and O–H groups in total. The normalized spacial score (nSPS) is 10.6. The van der Waals surface area contributed by atoms with Crippen molar-refractivity contribution in [2.45, 2.75) is 0 Å². The molecule has 0 aliphatic heterocycles. The van der Waals surface area contributed by atoms with Crippen molar-refractivity contribution in [3.63, 3.8) is 0 Å². The van der Waals surface area contributed by atoms with Gasteiger partial charge < -0.3 is 4.74 Å². The molecular formula is C11H9ClFNO4. The Hall–Kier alpha value is -1.95. The summed E-state index contributed by atoms with van der Waals surface area (Å²) in [5, 5.41) is 10.8. The smallest absolute Gasteiger partial charge is 0.344 e. The molecule has 0 heterocycles. The Bertz CT molecular complexity index is 516. The lowest BCUT2D eigenvalue weighted by Gasteiger charge is -2.03. The first-order valence-corrected chi connectivity index (χ1v) is 5.33. The van der Waals surface area contributed by atoms with Gasteiger partial charge in [-0.3, -0.25) is 10.1 Å². The van der Waals surface area contributed by atoms with E-state index in [2.05, 4.69) is 4.74 Å². The molecule has 1 rings (SSSR count). The van der Waals surface area contributed by atoms with Crippen LogP contribution < -0.4 is 0 Å². The first-order valence-electron chi connectivity index (χ1n) is 4.80. The molecule has 1 aromatic carbocycles. The molecule has 1 aromatic rings. The molecule has 0 saturated carbocycles. The maximum atomic E-state index is 13.6. The van der Waals surface area contributed by atoms with Crippen LogP contribution in [0.5, 0.6) is 0 Å². The van der Waals surface area contributed by atoms with Crippen LogP contribution in [0.4, 0.5) is 10.1 Å². The van der Waals surface area contributed by atoms with Gasteiger partial charge >= 0.3 is 5.97 Å². The Morgan fingerprint density at radius 2 is 2.28 bits per heavy atom. The number of alkyl halides is 1. The third-order valence-electron chi connectivity index (χ3n) is 2.10. The standard InChI is InChI=1S/C11H9ClFNO4/c1-18-11(15)8-6-9(13)7(3-2-4-12)5-10(8)14(16)17/h2-3,5-6H,4H2,1H3. The second kappa shape index (κ2) is 6.11. The Morgan fingerprint density at radius 1 is 1.61 bits per heavy atom. The summed E-state index contributed by atoms with van der Waals surface area (Å²) in [7, 11) is 1.06. The summed E-state index contributed by atoms with van der Waals surface area (Å²) >= 11 is 5.39. The lowest BCUT2D eigenvalue weighted by Crippen LogP contribution is -2.07. The van der Waals surface area contributed by atoms with Crippen molar-refractivity contribution in [1.29, 1.82) is 0 Å². The SMILES string of the molecule is COC(=O)c1cc(F)c(C=CCCl)cc1[N+](=O)[O-]. The van der Waals surface area contributed by atoms with E-state index in [1.165, 1.54) is 12.2 Å². The van der Waals surface area contributed by atoms with E-state index in [-0.39, 0.29) is 11.4 Å². The maximum absolute atomic E-state index is 13.6. The highest BCUT2D eigenvalue weighted by molar-refractivity contribution is 6.19. The molecule has 96 valence electrons. The van der Waals surface area contributed by atoms with Gasteiger partial charge in [-0.15, -0.1) is 11.6 Å².